The Balaban J connectivity index is 1.99. The molecular weight excluding hydrogens is 212 g/mol. The predicted octanol–water partition coefficient (Wildman–Crippen LogP) is 2.64. The zero-order valence-electron chi connectivity index (χ0n) is 10.1. The van der Waals surface area contributed by atoms with Gasteiger partial charge in [0.15, 0.2) is 0 Å². The highest BCUT2D eigenvalue weighted by atomic mass is 16.5. The smallest absolute Gasteiger partial charge is 0.120 e. The van der Waals surface area contributed by atoms with Gasteiger partial charge in [-0.3, -0.25) is 0 Å². The molecule has 1 aromatic carbocycles. The third-order valence-electron chi connectivity index (χ3n) is 3.66. The van der Waals surface area contributed by atoms with E-state index >= 15 is 0 Å². The van der Waals surface area contributed by atoms with E-state index in [-0.39, 0.29) is 0 Å². The molecule has 1 aliphatic heterocycles. The molecule has 17 heavy (non-hydrogen) atoms. The van der Waals surface area contributed by atoms with E-state index in [9.17, 15) is 0 Å². The summed E-state index contributed by atoms with van der Waals surface area (Å²) >= 11 is 0. The van der Waals surface area contributed by atoms with Gasteiger partial charge in [-0.05, 0) is 43.0 Å². The quantitative estimate of drug-likeness (QED) is 0.832. The van der Waals surface area contributed by atoms with Crippen molar-refractivity contribution >= 4 is 10.9 Å². The van der Waals surface area contributed by atoms with Gasteiger partial charge in [-0.15, -0.1) is 0 Å². The summed E-state index contributed by atoms with van der Waals surface area (Å²) in [7, 11) is 1.70. The minimum absolute atomic E-state index is 0.644. The van der Waals surface area contributed by atoms with E-state index in [2.05, 4.69) is 28.6 Å². The number of aromatic amines is 1. The van der Waals surface area contributed by atoms with Gasteiger partial charge in [0, 0.05) is 29.7 Å². The minimum atomic E-state index is 0.644. The molecule has 1 aliphatic rings. The maximum absolute atomic E-state index is 5.24. The number of piperidine rings is 1. The Morgan fingerprint density at radius 2 is 2.29 bits per heavy atom. The van der Waals surface area contributed by atoms with Gasteiger partial charge in [0.25, 0.3) is 0 Å². The molecule has 3 nitrogen and oxygen atoms in total. The van der Waals surface area contributed by atoms with Crippen LogP contribution in [0.5, 0.6) is 5.75 Å². The number of hydrogen-bond acceptors (Lipinski definition) is 2. The topological polar surface area (TPSA) is 37.0 Å². The van der Waals surface area contributed by atoms with Crippen LogP contribution in [0.2, 0.25) is 0 Å². The molecule has 3 heteroatoms. The molecule has 0 spiro atoms. The second-order valence-corrected chi connectivity index (χ2v) is 4.70. The van der Waals surface area contributed by atoms with Crippen LogP contribution in [0.3, 0.4) is 0 Å². The molecule has 2 heterocycles. The van der Waals surface area contributed by atoms with Crippen LogP contribution >= 0.6 is 0 Å². The minimum Gasteiger partial charge on any atom is -0.497 e. The Labute approximate surface area is 101 Å². The summed E-state index contributed by atoms with van der Waals surface area (Å²) in [6.45, 7) is 2.26. The molecule has 1 aromatic heterocycles. The lowest BCUT2D eigenvalue weighted by atomic mass is 9.91. The van der Waals surface area contributed by atoms with Crippen molar-refractivity contribution in [2.75, 3.05) is 20.2 Å². The van der Waals surface area contributed by atoms with E-state index in [1.807, 2.05) is 6.07 Å². The lowest BCUT2D eigenvalue weighted by Gasteiger charge is -2.22. The largest absolute Gasteiger partial charge is 0.497 e. The molecule has 1 fully saturated rings. The summed E-state index contributed by atoms with van der Waals surface area (Å²) < 4.78 is 5.24. The molecule has 0 radical (unpaired) electrons. The maximum atomic E-state index is 5.24. The summed E-state index contributed by atoms with van der Waals surface area (Å²) in [4.78, 5) is 3.35. The Morgan fingerprint density at radius 1 is 1.35 bits per heavy atom. The maximum Gasteiger partial charge on any atom is 0.120 e. The Bertz CT molecular complexity index is 512. The lowest BCUT2D eigenvalue weighted by Crippen LogP contribution is -2.28. The first-order chi connectivity index (χ1) is 8.38. The van der Waals surface area contributed by atoms with Gasteiger partial charge in [-0.1, -0.05) is 0 Å². The zero-order valence-corrected chi connectivity index (χ0v) is 10.1. The van der Waals surface area contributed by atoms with Crippen LogP contribution in [0, 0.1) is 0 Å². The van der Waals surface area contributed by atoms with Crippen molar-refractivity contribution in [3.05, 3.63) is 30.0 Å². The molecular formula is C14H18N2O. The van der Waals surface area contributed by atoms with Crippen LogP contribution < -0.4 is 10.1 Å². The average Bonchev–Trinajstić information content (AvgIpc) is 2.82. The van der Waals surface area contributed by atoms with E-state index in [1.165, 1.54) is 29.3 Å². The highest BCUT2D eigenvalue weighted by molar-refractivity contribution is 5.85. The molecule has 3 rings (SSSR count). The van der Waals surface area contributed by atoms with Crippen molar-refractivity contribution in [2.24, 2.45) is 0 Å². The summed E-state index contributed by atoms with van der Waals surface area (Å²) in [6.07, 6.45) is 4.71. The van der Waals surface area contributed by atoms with Gasteiger partial charge in [0.05, 0.1) is 7.11 Å². The van der Waals surface area contributed by atoms with E-state index in [4.69, 9.17) is 4.74 Å². The summed E-state index contributed by atoms with van der Waals surface area (Å²) in [6, 6.07) is 6.26. The standard InChI is InChI=1S/C14H18N2O/c1-17-11-4-5-12-13(9-16-14(12)7-11)10-3-2-6-15-8-10/h4-5,7,9-10,15-16H,2-3,6,8H2,1H3/t10-/m0/s1. The first-order valence-corrected chi connectivity index (χ1v) is 6.24. The summed E-state index contributed by atoms with van der Waals surface area (Å²) in [5, 5.41) is 4.80. The molecule has 2 aromatic rings. The normalized spacial score (nSPS) is 20.6. The Morgan fingerprint density at radius 3 is 3.06 bits per heavy atom. The number of ether oxygens (including phenoxy) is 1. The summed E-state index contributed by atoms with van der Waals surface area (Å²) in [5.41, 5.74) is 2.61. The van der Waals surface area contributed by atoms with Crippen LogP contribution in [0.1, 0.15) is 24.3 Å². The molecule has 1 atom stereocenters. The second kappa shape index (κ2) is 4.41. The van der Waals surface area contributed by atoms with Gasteiger partial charge >= 0.3 is 0 Å². The number of rotatable bonds is 2. The predicted molar refractivity (Wildman–Crippen MR) is 69.7 cm³/mol. The molecule has 1 saturated heterocycles. The number of methoxy groups -OCH3 is 1. The van der Waals surface area contributed by atoms with Gasteiger partial charge in [0.2, 0.25) is 0 Å². The first kappa shape index (κ1) is 10.7. The van der Waals surface area contributed by atoms with Crippen molar-refractivity contribution in [3.8, 4) is 5.75 Å². The monoisotopic (exact) mass is 230 g/mol. The first-order valence-electron chi connectivity index (χ1n) is 6.24. The van der Waals surface area contributed by atoms with E-state index in [0.717, 1.165) is 18.8 Å². The van der Waals surface area contributed by atoms with Crippen molar-refractivity contribution in [3.63, 3.8) is 0 Å². The summed E-state index contributed by atoms with van der Waals surface area (Å²) in [5.74, 6) is 1.55. The fraction of sp³-hybridized carbons (Fsp3) is 0.429. The van der Waals surface area contributed by atoms with Gasteiger partial charge < -0.3 is 15.0 Å². The van der Waals surface area contributed by atoms with Crippen molar-refractivity contribution in [1.82, 2.24) is 10.3 Å². The number of H-pyrrole nitrogens is 1. The highest BCUT2D eigenvalue weighted by Crippen LogP contribution is 2.31. The van der Waals surface area contributed by atoms with Crippen LogP contribution in [0.4, 0.5) is 0 Å². The van der Waals surface area contributed by atoms with E-state index in [1.54, 1.807) is 7.11 Å². The van der Waals surface area contributed by atoms with Gasteiger partial charge in [-0.2, -0.15) is 0 Å². The average molecular weight is 230 g/mol. The number of hydrogen-bond donors (Lipinski definition) is 2. The number of benzene rings is 1. The molecule has 0 unspecified atom stereocenters. The van der Waals surface area contributed by atoms with Crippen LogP contribution in [0.25, 0.3) is 10.9 Å². The lowest BCUT2D eigenvalue weighted by molar-refractivity contribution is 0.415. The molecule has 0 saturated carbocycles. The fourth-order valence-electron chi connectivity index (χ4n) is 2.71. The molecule has 90 valence electrons. The van der Waals surface area contributed by atoms with Crippen molar-refractivity contribution in [1.29, 1.82) is 0 Å². The Hall–Kier alpha value is -1.48. The second-order valence-electron chi connectivity index (χ2n) is 4.70. The SMILES string of the molecule is COc1ccc2c([C@H]3CCCNC3)c[nH]c2c1. The third-order valence-corrected chi connectivity index (χ3v) is 3.66. The van der Waals surface area contributed by atoms with Gasteiger partial charge in [-0.25, -0.2) is 0 Å². The number of nitrogens with one attached hydrogen (secondary N) is 2. The molecule has 0 bridgehead atoms. The molecule has 0 aliphatic carbocycles. The van der Waals surface area contributed by atoms with E-state index in [0.29, 0.717) is 5.92 Å². The van der Waals surface area contributed by atoms with Gasteiger partial charge in [0.1, 0.15) is 5.75 Å². The Kier molecular flexibility index (Phi) is 2.77. The third kappa shape index (κ3) is 1.91. The fourth-order valence-corrected chi connectivity index (χ4v) is 2.71. The van der Waals surface area contributed by atoms with Crippen molar-refractivity contribution in [2.45, 2.75) is 18.8 Å². The number of aromatic nitrogens is 1. The van der Waals surface area contributed by atoms with E-state index < -0.39 is 0 Å². The number of fused-ring (bicyclic) bond motifs is 1. The highest BCUT2D eigenvalue weighted by Gasteiger charge is 2.18. The van der Waals surface area contributed by atoms with Crippen LogP contribution in [0.15, 0.2) is 24.4 Å². The van der Waals surface area contributed by atoms with Crippen molar-refractivity contribution < 1.29 is 4.74 Å². The molecule has 0 amide bonds. The molecule has 2 N–H and O–H groups in total. The van der Waals surface area contributed by atoms with Crippen LogP contribution in [-0.2, 0) is 0 Å². The zero-order chi connectivity index (χ0) is 11.7. The van der Waals surface area contributed by atoms with Crippen LogP contribution in [-0.4, -0.2) is 25.2 Å².